The third kappa shape index (κ3) is 2.34. The maximum absolute atomic E-state index is 11.1. The van der Waals surface area contributed by atoms with Crippen LogP contribution < -0.4 is 0 Å². The van der Waals surface area contributed by atoms with Crippen LogP contribution in [0.3, 0.4) is 0 Å². The number of H-pyrrole nitrogens is 1. The van der Waals surface area contributed by atoms with Crippen LogP contribution in [0.5, 0.6) is 0 Å². The lowest BCUT2D eigenvalue weighted by Crippen LogP contribution is -2.26. The maximum Gasteiger partial charge on any atom is 0.309 e. The molecule has 0 spiro atoms. The zero-order valence-electron chi connectivity index (χ0n) is 10.5. The summed E-state index contributed by atoms with van der Waals surface area (Å²) < 4.78 is 0. The second kappa shape index (κ2) is 4.28. The van der Waals surface area contributed by atoms with E-state index in [-0.39, 0.29) is 0 Å². The van der Waals surface area contributed by atoms with E-state index in [1.165, 1.54) is 0 Å². The van der Waals surface area contributed by atoms with Crippen molar-refractivity contribution in [1.82, 2.24) is 9.97 Å². The number of aliphatic carboxylic acids is 1. The number of halogens is 1. The summed E-state index contributed by atoms with van der Waals surface area (Å²) in [6.07, 6.45) is 0.355. The average Bonchev–Trinajstić information content (AvgIpc) is 2.59. The molecule has 0 unspecified atom stereocenters. The first kappa shape index (κ1) is 12.9. The van der Waals surface area contributed by atoms with Crippen LogP contribution in [0.2, 0.25) is 5.02 Å². The number of imidazole rings is 1. The fraction of sp³-hybridized carbons (Fsp3) is 0.385. The van der Waals surface area contributed by atoms with Gasteiger partial charge in [0.25, 0.3) is 0 Å². The zero-order chi connectivity index (χ0) is 13.5. The molecule has 1 heterocycles. The molecular formula is C13H15ClN2O2. The summed E-state index contributed by atoms with van der Waals surface area (Å²) in [6, 6.07) is 3.64. The molecule has 0 amide bonds. The van der Waals surface area contributed by atoms with Crippen molar-refractivity contribution >= 4 is 28.6 Å². The molecule has 1 aromatic heterocycles. The van der Waals surface area contributed by atoms with Crippen LogP contribution in [0.4, 0.5) is 0 Å². The molecular weight excluding hydrogens is 252 g/mol. The number of carboxylic acid groups (broad SMARTS) is 1. The Balaban J connectivity index is 2.42. The number of hydrogen-bond donors (Lipinski definition) is 2. The van der Waals surface area contributed by atoms with Crippen LogP contribution >= 0.6 is 11.6 Å². The first-order valence-electron chi connectivity index (χ1n) is 5.68. The molecule has 4 nitrogen and oxygen atoms in total. The lowest BCUT2D eigenvalue weighted by atomic mass is 9.89. The fourth-order valence-electron chi connectivity index (χ4n) is 1.88. The number of rotatable bonds is 3. The summed E-state index contributed by atoms with van der Waals surface area (Å²) in [5, 5.41) is 9.76. The van der Waals surface area contributed by atoms with Gasteiger partial charge in [-0.3, -0.25) is 4.79 Å². The van der Waals surface area contributed by atoms with Gasteiger partial charge in [0.2, 0.25) is 0 Å². The Kier molecular flexibility index (Phi) is 3.07. The quantitative estimate of drug-likeness (QED) is 0.897. The van der Waals surface area contributed by atoms with Crippen molar-refractivity contribution in [3.8, 4) is 0 Å². The number of carboxylic acids is 1. The van der Waals surface area contributed by atoms with Gasteiger partial charge in [-0.2, -0.15) is 0 Å². The Morgan fingerprint density at radius 1 is 1.50 bits per heavy atom. The van der Waals surface area contributed by atoms with Crippen molar-refractivity contribution in [2.24, 2.45) is 5.41 Å². The average molecular weight is 267 g/mol. The van der Waals surface area contributed by atoms with Gasteiger partial charge < -0.3 is 10.1 Å². The van der Waals surface area contributed by atoms with E-state index in [9.17, 15) is 4.79 Å². The van der Waals surface area contributed by atoms with Gasteiger partial charge in [-0.25, -0.2) is 4.98 Å². The summed E-state index contributed by atoms with van der Waals surface area (Å²) in [5.74, 6) is -0.166. The van der Waals surface area contributed by atoms with Gasteiger partial charge in [0.05, 0.1) is 16.4 Å². The molecule has 0 aliphatic carbocycles. The summed E-state index contributed by atoms with van der Waals surface area (Å²) >= 11 is 5.97. The van der Waals surface area contributed by atoms with Gasteiger partial charge in [0.15, 0.2) is 0 Å². The molecule has 0 aliphatic rings. The lowest BCUT2D eigenvalue weighted by Gasteiger charge is -2.16. The molecule has 2 N–H and O–H groups in total. The minimum absolute atomic E-state index is 0.355. The van der Waals surface area contributed by atoms with Gasteiger partial charge in [0.1, 0.15) is 5.82 Å². The van der Waals surface area contributed by atoms with Crippen LogP contribution in [0, 0.1) is 12.3 Å². The Labute approximate surface area is 110 Å². The van der Waals surface area contributed by atoms with E-state index in [1.54, 1.807) is 19.9 Å². The van der Waals surface area contributed by atoms with E-state index in [0.29, 0.717) is 17.3 Å². The monoisotopic (exact) mass is 266 g/mol. The van der Waals surface area contributed by atoms with Crippen molar-refractivity contribution in [3.63, 3.8) is 0 Å². The van der Waals surface area contributed by atoms with E-state index in [0.717, 1.165) is 16.6 Å². The summed E-state index contributed by atoms with van der Waals surface area (Å²) in [7, 11) is 0. The predicted octanol–water partition coefficient (Wildman–Crippen LogP) is 3.18. The molecule has 0 saturated heterocycles. The molecule has 18 heavy (non-hydrogen) atoms. The number of nitrogens with zero attached hydrogens (tertiary/aromatic N) is 1. The zero-order valence-corrected chi connectivity index (χ0v) is 11.3. The van der Waals surface area contributed by atoms with Crippen LogP contribution in [0.1, 0.15) is 25.2 Å². The maximum atomic E-state index is 11.1. The van der Waals surface area contributed by atoms with Crippen LogP contribution in [-0.2, 0) is 11.2 Å². The van der Waals surface area contributed by atoms with Crippen molar-refractivity contribution in [2.45, 2.75) is 27.2 Å². The Morgan fingerprint density at radius 2 is 2.17 bits per heavy atom. The van der Waals surface area contributed by atoms with Crippen molar-refractivity contribution in [1.29, 1.82) is 0 Å². The molecule has 0 atom stereocenters. The molecule has 2 aromatic rings. The normalized spacial score (nSPS) is 12.0. The molecule has 1 aromatic carbocycles. The Bertz CT molecular complexity index is 617. The standard InChI is InChI=1S/C13H15ClN2O2/c1-7-4-8(14)5-9-11(7)16-10(15-9)6-13(2,3)12(17)18/h4-5H,6H2,1-3H3,(H,15,16)(H,17,18). The second-order valence-electron chi connectivity index (χ2n) is 5.17. The van der Waals surface area contributed by atoms with E-state index in [2.05, 4.69) is 9.97 Å². The van der Waals surface area contributed by atoms with E-state index in [4.69, 9.17) is 16.7 Å². The van der Waals surface area contributed by atoms with E-state index in [1.807, 2.05) is 13.0 Å². The van der Waals surface area contributed by atoms with Gasteiger partial charge in [-0.1, -0.05) is 11.6 Å². The first-order chi connectivity index (χ1) is 8.29. The van der Waals surface area contributed by atoms with Gasteiger partial charge in [0, 0.05) is 11.4 Å². The predicted molar refractivity (Wildman–Crippen MR) is 71.0 cm³/mol. The number of aromatic nitrogens is 2. The summed E-state index contributed by atoms with van der Waals surface area (Å²) in [5.41, 5.74) is 1.82. The van der Waals surface area contributed by atoms with Crippen LogP contribution in [0.15, 0.2) is 12.1 Å². The molecule has 0 bridgehead atoms. The van der Waals surface area contributed by atoms with Gasteiger partial charge in [-0.05, 0) is 38.5 Å². The number of aromatic amines is 1. The van der Waals surface area contributed by atoms with Crippen LogP contribution in [-0.4, -0.2) is 21.0 Å². The molecule has 0 fully saturated rings. The number of nitrogens with one attached hydrogen (secondary N) is 1. The fourth-order valence-corrected chi connectivity index (χ4v) is 2.15. The molecule has 2 rings (SSSR count). The minimum Gasteiger partial charge on any atom is -0.481 e. The third-order valence-corrected chi connectivity index (χ3v) is 3.20. The lowest BCUT2D eigenvalue weighted by molar-refractivity contribution is -0.146. The summed E-state index contributed by atoms with van der Waals surface area (Å²) in [4.78, 5) is 18.7. The van der Waals surface area contributed by atoms with E-state index < -0.39 is 11.4 Å². The molecule has 0 aliphatic heterocycles. The molecule has 0 radical (unpaired) electrons. The Hall–Kier alpha value is -1.55. The summed E-state index contributed by atoms with van der Waals surface area (Å²) in [6.45, 7) is 5.30. The molecule has 0 saturated carbocycles. The van der Waals surface area contributed by atoms with Crippen molar-refractivity contribution in [2.75, 3.05) is 0 Å². The van der Waals surface area contributed by atoms with Gasteiger partial charge in [-0.15, -0.1) is 0 Å². The largest absolute Gasteiger partial charge is 0.481 e. The number of carbonyl (C=O) groups is 1. The SMILES string of the molecule is Cc1cc(Cl)cc2[nH]c(CC(C)(C)C(=O)O)nc12. The van der Waals surface area contributed by atoms with Crippen LogP contribution in [0.25, 0.3) is 11.0 Å². The number of aryl methyl sites for hydroxylation is 1. The third-order valence-electron chi connectivity index (χ3n) is 2.98. The van der Waals surface area contributed by atoms with Gasteiger partial charge >= 0.3 is 5.97 Å². The smallest absolute Gasteiger partial charge is 0.309 e. The highest BCUT2D eigenvalue weighted by atomic mass is 35.5. The van der Waals surface area contributed by atoms with E-state index >= 15 is 0 Å². The topological polar surface area (TPSA) is 66.0 Å². The number of hydrogen-bond acceptors (Lipinski definition) is 2. The highest BCUT2D eigenvalue weighted by Crippen LogP contribution is 2.25. The van der Waals surface area contributed by atoms with Crippen molar-refractivity contribution in [3.05, 3.63) is 28.5 Å². The minimum atomic E-state index is -0.842. The number of fused-ring (bicyclic) bond motifs is 1. The first-order valence-corrected chi connectivity index (χ1v) is 6.05. The number of benzene rings is 1. The molecule has 96 valence electrons. The molecule has 5 heteroatoms. The highest BCUT2D eigenvalue weighted by Gasteiger charge is 2.28. The Morgan fingerprint density at radius 3 is 2.78 bits per heavy atom. The van der Waals surface area contributed by atoms with Crippen molar-refractivity contribution < 1.29 is 9.90 Å². The highest BCUT2D eigenvalue weighted by molar-refractivity contribution is 6.31. The second-order valence-corrected chi connectivity index (χ2v) is 5.60.